The van der Waals surface area contributed by atoms with Gasteiger partial charge < -0.3 is 24.6 Å². The third kappa shape index (κ3) is 40.7. The van der Waals surface area contributed by atoms with Crippen molar-refractivity contribution >= 4 is 19.8 Å². The van der Waals surface area contributed by atoms with E-state index in [1.807, 2.05) is 0 Å². The maximum Gasteiger partial charge on any atom is 0.472 e. The van der Waals surface area contributed by atoms with Gasteiger partial charge in [-0.1, -0.05) is 180 Å². The molecule has 0 fully saturated rings. The van der Waals surface area contributed by atoms with Crippen LogP contribution >= 0.6 is 7.82 Å². The summed E-state index contributed by atoms with van der Waals surface area (Å²) in [6.07, 6.45) is 38.9. The van der Waals surface area contributed by atoms with Crippen molar-refractivity contribution in [2.45, 2.75) is 232 Å². The Balaban J connectivity index is 4.22. The van der Waals surface area contributed by atoms with Crippen LogP contribution in [0.5, 0.6) is 0 Å². The molecule has 0 bridgehead atoms. The molecular formula is C44H85O10P. The van der Waals surface area contributed by atoms with Crippen molar-refractivity contribution in [1.82, 2.24) is 0 Å². The van der Waals surface area contributed by atoms with Crippen LogP contribution in [0.3, 0.4) is 0 Å². The number of aliphatic hydroxyl groups excluding tert-OH is 2. The van der Waals surface area contributed by atoms with Crippen LogP contribution in [-0.4, -0.2) is 65.7 Å². The summed E-state index contributed by atoms with van der Waals surface area (Å²) < 4.78 is 32.7. The van der Waals surface area contributed by atoms with E-state index in [2.05, 4.69) is 26.0 Å². The number of aliphatic hydroxyl groups is 2. The van der Waals surface area contributed by atoms with Crippen molar-refractivity contribution in [3.63, 3.8) is 0 Å². The number of phosphoric ester groups is 1. The van der Waals surface area contributed by atoms with Crippen molar-refractivity contribution < 1.29 is 47.8 Å². The quantitative estimate of drug-likeness (QED) is 0.0235. The predicted octanol–water partition coefficient (Wildman–Crippen LogP) is 12.0. The lowest BCUT2D eigenvalue weighted by Gasteiger charge is -2.20. The molecule has 0 heterocycles. The normalized spacial score (nSPS) is 13.9. The SMILES string of the molecule is CCCCCC/C=C\CCCCCCCC(=O)OC[C@H](COP(=O)(O)OC[C@@H](O)CO)OC(=O)CCCCCCCCCCCCCCCCCCCCC. The molecule has 0 saturated heterocycles. The molecule has 0 radical (unpaired) electrons. The van der Waals surface area contributed by atoms with Gasteiger partial charge in [0.05, 0.1) is 19.8 Å². The van der Waals surface area contributed by atoms with Crippen LogP contribution in [0.2, 0.25) is 0 Å². The molecule has 0 rings (SSSR count). The number of carbonyl (C=O) groups is 2. The zero-order valence-corrected chi connectivity index (χ0v) is 36.3. The van der Waals surface area contributed by atoms with Crippen LogP contribution in [-0.2, 0) is 32.7 Å². The molecule has 0 aromatic rings. The summed E-state index contributed by atoms with van der Waals surface area (Å²) in [6.45, 7) is 2.39. The van der Waals surface area contributed by atoms with Crippen molar-refractivity contribution in [3.05, 3.63) is 12.2 Å². The molecule has 11 heteroatoms. The van der Waals surface area contributed by atoms with Crippen molar-refractivity contribution in [1.29, 1.82) is 0 Å². The van der Waals surface area contributed by atoms with E-state index in [9.17, 15) is 24.2 Å². The second kappa shape index (κ2) is 40.9. The van der Waals surface area contributed by atoms with Crippen LogP contribution in [0.1, 0.15) is 219 Å². The van der Waals surface area contributed by atoms with Gasteiger partial charge in [-0.15, -0.1) is 0 Å². The van der Waals surface area contributed by atoms with Gasteiger partial charge >= 0.3 is 19.8 Å². The van der Waals surface area contributed by atoms with Gasteiger partial charge in [-0.25, -0.2) is 4.57 Å². The Morgan fingerprint density at radius 1 is 0.527 bits per heavy atom. The summed E-state index contributed by atoms with van der Waals surface area (Å²) in [6, 6.07) is 0. The van der Waals surface area contributed by atoms with Crippen LogP contribution < -0.4 is 0 Å². The molecule has 55 heavy (non-hydrogen) atoms. The second-order valence-corrected chi connectivity index (χ2v) is 16.9. The average Bonchev–Trinajstić information content (AvgIpc) is 3.17. The molecule has 3 atom stereocenters. The Hall–Kier alpha value is -1.29. The Labute approximate surface area is 336 Å². The smallest absolute Gasteiger partial charge is 0.462 e. The fourth-order valence-corrected chi connectivity index (χ4v) is 7.19. The first-order chi connectivity index (χ1) is 26.7. The third-order valence-electron chi connectivity index (χ3n) is 9.92. The molecule has 10 nitrogen and oxygen atoms in total. The highest BCUT2D eigenvalue weighted by atomic mass is 31.2. The molecule has 326 valence electrons. The Morgan fingerprint density at radius 3 is 1.33 bits per heavy atom. The molecule has 0 aromatic heterocycles. The molecule has 3 N–H and O–H groups in total. The summed E-state index contributed by atoms with van der Waals surface area (Å²) in [5, 5.41) is 18.3. The molecule has 0 aliphatic heterocycles. The minimum atomic E-state index is -4.61. The first-order valence-corrected chi connectivity index (χ1v) is 24.1. The zero-order chi connectivity index (χ0) is 40.5. The van der Waals surface area contributed by atoms with Gasteiger partial charge in [0.25, 0.3) is 0 Å². The summed E-state index contributed by atoms with van der Waals surface area (Å²) in [7, 11) is -4.61. The number of rotatable bonds is 43. The van der Waals surface area contributed by atoms with Crippen LogP contribution in [0, 0.1) is 0 Å². The highest BCUT2D eigenvalue weighted by Crippen LogP contribution is 2.43. The topological polar surface area (TPSA) is 149 Å². The summed E-state index contributed by atoms with van der Waals surface area (Å²) >= 11 is 0. The lowest BCUT2D eigenvalue weighted by atomic mass is 10.0. The molecule has 0 saturated carbocycles. The summed E-state index contributed by atoms with van der Waals surface area (Å²) in [5.74, 6) is -0.923. The van der Waals surface area contributed by atoms with Crippen LogP contribution in [0.15, 0.2) is 12.2 Å². The standard InChI is InChI=1S/C44H85O10P/c1-3-5-7-9-11-13-15-17-18-19-20-21-22-24-26-28-30-32-34-36-44(48)54-42(40-53-55(49,50)52-38-41(46)37-45)39-51-43(47)35-33-31-29-27-25-23-16-14-12-10-8-6-4-2/h14,16,41-42,45-46H,3-13,15,17-40H2,1-2H3,(H,49,50)/b16-14-/t41-,42+/m0/s1. The van der Waals surface area contributed by atoms with E-state index in [0.29, 0.717) is 12.8 Å². The molecule has 0 aliphatic rings. The van der Waals surface area contributed by atoms with E-state index in [-0.39, 0.29) is 19.4 Å². The van der Waals surface area contributed by atoms with E-state index in [1.165, 1.54) is 122 Å². The van der Waals surface area contributed by atoms with Gasteiger partial charge in [0, 0.05) is 12.8 Å². The van der Waals surface area contributed by atoms with E-state index >= 15 is 0 Å². The maximum absolute atomic E-state index is 12.6. The average molecular weight is 805 g/mol. The second-order valence-electron chi connectivity index (χ2n) is 15.4. The number of esters is 2. The third-order valence-corrected chi connectivity index (χ3v) is 10.9. The molecular weight excluding hydrogens is 719 g/mol. The van der Waals surface area contributed by atoms with Gasteiger partial charge in [0.15, 0.2) is 6.10 Å². The van der Waals surface area contributed by atoms with Crippen LogP contribution in [0.4, 0.5) is 0 Å². The number of allylic oxidation sites excluding steroid dienone is 2. The number of phosphoric acid groups is 1. The largest absolute Gasteiger partial charge is 0.472 e. The Bertz CT molecular complexity index is 930. The predicted molar refractivity (Wildman–Crippen MR) is 224 cm³/mol. The minimum Gasteiger partial charge on any atom is -0.462 e. The van der Waals surface area contributed by atoms with E-state index in [0.717, 1.165) is 57.8 Å². The highest BCUT2D eigenvalue weighted by molar-refractivity contribution is 7.47. The van der Waals surface area contributed by atoms with Crippen LogP contribution in [0.25, 0.3) is 0 Å². The lowest BCUT2D eigenvalue weighted by molar-refractivity contribution is -0.161. The molecule has 1 unspecified atom stereocenters. The number of ether oxygens (including phenoxy) is 2. The number of unbranched alkanes of at least 4 members (excludes halogenated alkanes) is 27. The van der Waals surface area contributed by atoms with E-state index in [1.54, 1.807) is 0 Å². The van der Waals surface area contributed by atoms with Gasteiger partial charge in [-0.05, 0) is 38.5 Å². The Morgan fingerprint density at radius 2 is 0.891 bits per heavy atom. The lowest BCUT2D eigenvalue weighted by Crippen LogP contribution is -2.29. The number of carbonyl (C=O) groups excluding carboxylic acids is 2. The minimum absolute atomic E-state index is 0.189. The van der Waals surface area contributed by atoms with Gasteiger partial charge in [-0.3, -0.25) is 18.6 Å². The number of hydrogen-bond donors (Lipinski definition) is 3. The molecule has 0 spiro atoms. The molecule has 0 aliphatic carbocycles. The molecule has 0 aromatic carbocycles. The first kappa shape index (κ1) is 53.7. The zero-order valence-electron chi connectivity index (χ0n) is 35.4. The highest BCUT2D eigenvalue weighted by Gasteiger charge is 2.27. The number of hydrogen-bond acceptors (Lipinski definition) is 9. The first-order valence-electron chi connectivity index (χ1n) is 22.6. The van der Waals surface area contributed by atoms with E-state index in [4.69, 9.17) is 23.6 Å². The fraction of sp³-hybridized carbons (Fsp3) is 0.909. The monoisotopic (exact) mass is 805 g/mol. The van der Waals surface area contributed by atoms with E-state index < -0.39 is 51.8 Å². The van der Waals surface area contributed by atoms with Crippen molar-refractivity contribution in [2.24, 2.45) is 0 Å². The summed E-state index contributed by atoms with van der Waals surface area (Å²) in [5.41, 5.74) is 0. The van der Waals surface area contributed by atoms with Gasteiger partial charge in [0.2, 0.25) is 0 Å². The van der Waals surface area contributed by atoms with Crippen molar-refractivity contribution in [3.8, 4) is 0 Å². The summed E-state index contributed by atoms with van der Waals surface area (Å²) in [4.78, 5) is 35.0. The fourth-order valence-electron chi connectivity index (χ4n) is 6.40. The maximum atomic E-state index is 12.6. The Kier molecular flexibility index (Phi) is 39.9. The van der Waals surface area contributed by atoms with Crippen molar-refractivity contribution in [2.75, 3.05) is 26.4 Å². The van der Waals surface area contributed by atoms with Gasteiger partial charge in [0.1, 0.15) is 12.7 Å². The molecule has 0 amide bonds. The van der Waals surface area contributed by atoms with Gasteiger partial charge in [-0.2, -0.15) is 0 Å².